The summed E-state index contributed by atoms with van der Waals surface area (Å²) in [5, 5.41) is 4.34. The standard InChI is InChI=1S/C36H49N7O4/c1-24(2)20-30(33(38)44)42-18-19-43(31(35(42)46)21-25-10-4-3-5-11-25)36(47)32(22-26-23-40-28-13-7-6-12-27(26)28)41-17-16-39-29(34(41)45)14-8-9-15-37/h3-7,10-13,23-24,29-32,39-40H,8-9,14-22,37H2,1-2H3,(H2,38,44)/t29-,30-,31-,32-/m0/s1. The fourth-order valence-electron chi connectivity index (χ4n) is 7.07. The normalized spacial score (nSPS) is 20.2. The maximum atomic E-state index is 14.9. The number of H-pyrrole nitrogens is 1. The summed E-state index contributed by atoms with van der Waals surface area (Å²) >= 11 is 0. The molecule has 4 amide bonds. The van der Waals surface area contributed by atoms with Crippen LogP contribution < -0.4 is 16.8 Å². The Kier molecular flexibility index (Phi) is 11.3. The zero-order chi connectivity index (χ0) is 33.5. The average Bonchev–Trinajstić information content (AvgIpc) is 3.47. The molecule has 1 aromatic heterocycles. The molecule has 5 rings (SSSR count). The van der Waals surface area contributed by atoms with Crippen molar-refractivity contribution in [1.82, 2.24) is 25.0 Å². The Hall–Kier alpha value is -4.22. The Morgan fingerprint density at radius 1 is 0.915 bits per heavy atom. The number of carbonyl (C=O) groups is 4. The van der Waals surface area contributed by atoms with Gasteiger partial charge in [0.15, 0.2) is 0 Å². The lowest BCUT2D eigenvalue weighted by Gasteiger charge is -2.46. The molecule has 2 fully saturated rings. The van der Waals surface area contributed by atoms with Gasteiger partial charge < -0.3 is 36.5 Å². The summed E-state index contributed by atoms with van der Waals surface area (Å²) in [4.78, 5) is 64.1. The maximum absolute atomic E-state index is 14.9. The molecule has 3 heterocycles. The Morgan fingerprint density at radius 2 is 1.64 bits per heavy atom. The fraction of sp³-hybridized carbons (Fsp3) is 0.500. The molecule has 2 aliphatic heterocycles. The van der Waals surface area contributed by atoms with E-state index in [0.29, 0.717) is 38.9 Å². The first-order chi connectivity index (χ1) is 22.7. The van der Waals surface area contributed by atoms with E-state index in [2.05, 4.69) is 10.3 Å². The first-order valence-electron chi connectivity index (χ1n) is 16.9. The van der Waals surface area contributed by atoms with Gasteiger partial charge >= 0.3 is 0 Å². The third-order valence-electron chi connectivity index (χ3n) is 9.50. The second-order valence-corrected chi connectivity index (χ2v) is 13.2. The Labute approximate surface area is 277 Å². The quantitative estimate of drug-likeness (QED) is 0.197. The van der Waals surface area contributed by atoms with E-state index in [4.69, 9.17) is 11.5 Å². The zero-order valence-electron chi connectivity index (χ0n) is 27.6. The number of primary amides is 1. The zero-order valence-corrected chi connectivity index (χ0v) is 27.6. The monoisotopic (exact) mass is 643 g/mol. The molecule has 3 aromatic rings. The highest BCUT2D eigenvalue weighted by atomic mass is 16.2. The smallest absolute Gasteiger partial charge is 0.246 e. The van der Waals surface area contributed by atoms with Gasteiger partial charge in [0.1, 0.15) is 18.1 Å². The van der Waals surface area contributed by atoms with Crippen LogP contribution in [0.15, 0.2) is 60.8 Å². The van der Waals surface area contributed by atoms with Gasteiger partial charge in [0.25, 0.3) is 0 Å². The molecule has 0 unspecified atom stereocenters. The molecular weight excluding hydrogens is 594 g/mol. The van der Waals surface area contributed by atoms with Crippen molar-refractivity contribution < 1.29 is 19.2 Å². The van der Waals surface area contributed by atoms with Crippen molar-refractivity contribution >= 4 is 34.5 Å². The highest BCUT2D eigenvalue weighted by molar-refractivity contribution is 5.96. The van der Waals surface area contributed by atoms with Crippen LogP contribution in [0.1, 0.15) is 50.7 Å². The molecule has 47 heavy (non-hydrogen) atoms. The minimum absolute atomic E-state index is 0.109. The number of hydrogen-bond acceptors (Lipinski definition) is 6. The SMILES string of the molecule is CC(C)C[C@@H](C(N)=O)N1CCN(C(=O)[C@H](Cc2c[nH]c3ccccc23)N2CCN[C@@H](CCCCN)C2=O)[C@@H](Cc2ccccc2)C1=O. The summed E-state index contributed by atoms with van der Waals surface area (Å²) in [6.45, 7) is 5.90. The van der Waals surface area contributed by atoms with Gasteiger partial charge in [-0.05, 0) is 48.9 Å². The second kappa shape index (κ2) is 15.6. The minimum Gasteiger partial charge on any atom is -0.368 e. The molecule has 4 atom stereocenters. The number of nitrogens with one attached hydrogen (secondary N) is 2. The topological polar surface area (TPSA) is 158 Å². The number of aromatic nitrogens is 1. The van der Waals surface area contributed by atoms with Gasteiger partial charge in [0.05, 0.1) is 6.04 Å². The fourth-order valence-corrected chi connectivity index (χ4v) is 7.07. The molecule has 2 aliphatic rings. The molecular formula is C36H49N7O4. The number of aromatic amines is 1. The molecule has 11 heteroatoms. The molecule has 0 saturated carbocycles. The third-order valence-corrected chi connectivity index (χ3v) is 9.50. The summed E-state index contributed by atoms with van der Waals surface area (Å²) < 4.78 is 0. The van der Waals surface area contributed by atoms with Gasteiger partial charge in [0, 0.05) is 56.1 Å². The highest BCUT2D eigenvalue weighted by Crippen LogP contribution is 2.27. The first kappa shape index (κ1) is 34.1. The summed E-state index contributed by atoms with van der Waals surface area (Å²) in [5.74, 6) is -1.07. The van der Waals surface area contributed by atoms with Crippen LogP contribution in [-0.2, 0) is 32.0 Å². The molecule has 252 valence electrons. The molecule has 2 saturated heterocycles. The summed E-state index contributed by atoms with van der Waals surface area (Å²) in [5.41, 5.74) is 14.3. The first-order valence-corrected chi connectivity index (χ1v) is 16.9. The van der Waals surface area contributed by atoms with Crippen molar-refractivity contribution in [3.05, 3.63) is 71.9 Å². The van der Waals surface area contributed by atoms with Gasteiger partial charge in [-0.1, -0.05) is 68.8 Å². The van der Waals surface area contributed by atoms with Gasteiger partial charge in [-0.15, -0.1) is 0 Å². The average molecular weight is 644 g/mol. The Bertz CT molecular complexity index is 1540. The van der Waals surface area contributed by atoms with Crippen LogP contribution in [0.3, 0.4) is 0 Å². The molecule has 0 aliphatic carbocycles. The van der Waals surface area contributed by atoms with Gasteiger partial charge in [-0.2, -0.15) is 0 Å². The van der Waals surface area contributed by atoms with E-state index in [-0.39, 0.29) is 43.1 Å². The van der Waals surface area contributed by atoms with Crippen molar-refractivity contribution in [2.45, 2.75) is 76.5 Å². The summed E-state index contributed by atoms with van der Waals surface area (Å²) in [6.07, 6.45) is 5.20. The molecule has 0 bridgehead atoms. The van der Waals surface area contributed by atoms with Crippen molar-refractivity contribution in [2.24, 2.45) is 17.4 Å². The van der Waals surface area contributed by atoms with E-state index in [1.165, 1.54) is 0 Å². The van der Waals surface area contributed by atoms with Crippen LogP contribution in [0.5, 0.6) is 0 Å². The number of nitrogens with two attached hydrogens (primary N) is 2. The van der Waals surface area contributed by atoms with Crippen LogP contribution >= 0.6 is 0 Å². The van der Waals surface area contributed by atoms with Crippen LogP contribution in [0.4, 0.5) is 0 Å². The Morgan fingerprint density at radius 3 is 2.36 bits per heavy atom. The summed E-state index contributed by atoms with van der Waals surface area (Å²) in [6, 6.07) is 14.7. The van der Waals surface area contributed by atoms with E-state index in [1.807, 2.05) is 74.6 Å². The van der Waals surface area contributed by atoms with Crippen LogP contribution in [0, 0.1) is 5.92 Å². The number of para-hydroxylation sites is 1. The van der Waals surface area contributed by atoms with Crippen molar-refractivity contribution in [2.75, 3.05) is 32.7 Å². The van der Waals surface area contributed by atoms with Gasteiger partial charge in [-0.3, -0.25) is 19.2 Å². The number of amides is 4. The number of nitrogens with zero attached hydrogens (tertiary/aromatic N) is 3. The highest BCUT2D eigenvalue weighted by Gasteiger charge is 2.45. The van der Waals surface area contributed by atoms with Crippen LogP contribution in [-0.4, -0.2) is 100 Å². The molecule has 2 aromatic carbocycles. The van der Waals surface area contributed by atoms with E-state index in [1.54, 1.807) is 14.7 Å². The lowest BCUT2D eigenvalue weighted by Crippen LogP contribution is -2.67. The van der Waals surface area contributed by atoms with E-state index < -0.39 is 30.1 Å². The number of fused-ring (bicyclic) bond motifs is 1. The largest absolute Gasteiger partial charge is 0.368 e. The van der Waals surface area contributed by atoms with E-state index in [0.717, 1.165) is 34.9 Å². The lowest BCUT2D eigenvalue weighted by atomic mass is 9.94. The molecule has 6 N–H and O–H groups in total. The number of hydrogen-bond donors (Lipinski definition) is 4. The van der Waals surface area contributed by atoms with Crippen molar-refractivity contribution in [1.29, 1.82) is 0 Å². The predicted octanol–water partition coefficient (Wildman–Crippen LogP) is 2.19. The number of piperazine rings is 2. The van der Waals surface area contributed by atoms with Gasteiger partial charge in [-0.25, -0.2) is 0 Å². The molecule has 0 spiro atoms. The molecule has 11 nitrogen and oxygen atoms in total. The number of benzene rings is 2. The number of unbranched alkanes of at least 4 members (excludes halogenated alkanes) is 1. The van der Waals surface area contributed by atoms with Crippen molar-refractivity contribution in [3.8, 4) is 0 Å². The minimum atomic E-state index is -0.850. The third kappa shape index (κ3) is 7.85. The number of rotatable bonds is 14. The molecule has 0 radical (unpaired) electrons. The second-order valence-electron chi connectivity index (χ2n) is 13.2. The summed E-state index contributed by atoms with van der Waals surface area (Å²) in [7, 11) is 0. The van der Waals surface area contributed by atoms with Crippen molar-refractivity contribution in [3.63, 3.8) is 0 Å². The number of carbonyl (C=O) groups excluding carboxylic acids is 4. The predicted molar refractivity (Wildman–Crippen MR) is 182 cm³/mol. The maximum Gasteiger partial charge on any atom is 0.246 e. The van der Waals surface area contributed by atoms with Crippen LogP contribution in [0.2, 0.25) is 0 Å². The van der Waals surface area contributed by atoms with Gasteiger partial charge in [0.2, 0.25) is 23.6 Å². The lowest BCUT2D eigenvalue weighted by molar-refractivity contribution is -0.160. The van der Waals surface area contributed by atoms with E-state index in [9.17, 15) is 19.2 Å². The van der Waals surface area contributed by atoms with E-state index >= 15 is 0 Å². The van der Waals surface area contributed by atoms with Crippen LogP contribution in [0.25, 0.3) is 10.9 Å². The Balaban J connectivity index is 1.50.